The zero-order valence-corrected chi connectivity index (χ0v) is 25.8. The minimum Gasteiger partial charge on any atom is -0.309 e. The van der Waals surface area contributed by atoms with E-state index in [9.17, 15) is 10.5 Å². The maximum absolute atomic E-state index is 10.6. The average Bonchev–Trinajstić information content (AvgIpc) is 3.67. The van der Waals surface area contributed by atoms with Gasteiger partial charge in [0.15, 0.2) is 0 Å². The maximum atomic E-state index is 10.6. The number of nitriles is 2. The predicted molar refractivity (Wildman–Crippen MR) is 195 cm³/mol. The standard InChI is InChI=1S/C44H26N4/c45-27-29-21-24-44-39(25-29)38-16-6-7-17-40(38)47(44)31-22-23-32(30(26-31)28-46)33-11-1-2-12-34(33)35-13-3-8-18-41(35)48-42-19-9-4-14-36(42)37-15-5-10-20-43(37)48/h1-26H. The van der Waals surface area contributed by atoms with Crippen molar-refractivity contribution in [1.29, 1.82) is 10.5 Å². The van der Waals surface area contributed by atoms with Crippen molar-refractivity contribution in [3.63, 3.8) is 0 Å². The van der Waals surface area contributed by atoms with Crippen LogP contribution in [0.4, 0.5) is 0 Å². The molecule has 0 atom stereocenters. The molecule has 4 heteroatoms. The van der Waals surface area contributed by atoms with Crippen LogP contribution in [0.1, 0.15) is 11.1 Å². The summed E-state index contributed by atoms with van der Waals surface area (Å²) in [6.07, 6.45) is 0. The van der Waals surface area contributed by atoms with Gasteiger partial charge >= 0.3 is 0 Å². The molecule has 9 rings (SSSR count). The predicted octanol–water partition coefficient (Wildman–Crippen LogP) is 11.0. The summed E-state index contributed by atoms with van der Waals surface area (Å²) in [5, 5.41) is 24.7. The highest BCUT2D eigenvalue weighted by Crippen LogP contribution is 2.41. The first kappa shape index (κ1) is 27.4. The van der Waals surface area contributed by atoms with Crippen LogP contribution in [0.3, 0.4) is 0 Å². The van der Waals surface area contributed by atoms with E-state index >= 15 is 0 Å². The van der Waals surface area contributed by atoms with Crippen molar-refractivity contribution in [3.05, 3.63) is 169 Å². The van der Waals surface area contributed by atoms with Gasteiger partial charge in [-0.1, -0.05) is 103 Å². The van der Waals surface area contributed by atoms with Crippen LogP contribution in [-0.2, 0) is 0 Å². The number of fused-ring (bicyclic) bond motifs is 6. The quantitative estimate of drug-likeness (QED) is 0.199. The summed E-state index contributed by atoms with van der Waals surface area (Å²) in [7, 11) is 0. The highest BCUT2D eigenvalue weighted by Gasteiger charge is 2.19. The third-order valence-electron chi connectivity index (χ3n) is 9.42. The molecule has 0 saturated heterocycles. The van der Waals surface area contributed by atoms with Crippen molar-refractivity contribution >= 4 is 43.6 Å². The molecule has 0 N–H and O–H groups in total. The second kappa shape index (κ2) is 10.9. The molecule has 4 nitrogen and oxygen atoms in total. The maximum Gasteiger partial charge on any atom is 0.0998 e. The van der Waals surface area contributed by atoms with Gasteiger partial charge in [0.2, 0.25) is 0 Å². The molecule has 7 aromatic carbocycles. The lowest BCUT2D eigenvalue weighted by Crippen LogP contribution is -1.99. The molecule has 0 unspecified atom stereocenters. The minimum absolute atomic E-state index is 0.592. The summed E-state index contributed by atoms with van der Waals surface area (Å²) in [4.78, 5) is 0. The molecule has 0 aliphatic carbocycles. The molecule has 0 radical (unpaired) electrons. The molecule has 0 spiro atoms. The largest absolute Gasteiger partial charge is 0.309 e. The summed E-state index contributed by atoms with van der Waals surface area (Å²) in [5.74, 6) is 0. The van der Waals surface area contributed by atoms with Gasteiger partial charge in [0.05, 0.1) is 51.0 Å². The molecule has 0 fully saturated rings. The molecule has 0 amide bonds. The third-order valence-corrected chi connectivity index (χ3v) is 9.42. The van der Waals surface area contributed by atoms with E-state index in [1.54, 1.807) is 0 Å². The van der Waals surface area contributed by atoms with Gasteiger partial charge in [0.25, 0.3) is 0 Å². The molecule has 0 aliphatic rings. The molecule has 222 valence electrons. The van der Waals surface area contributed by atoms with Crippen molar-refractivity contribution in [2.75, 3.05) is 0 Å². The summed E-state index contributed by atoms with van der Waals surface area (Å²) >= 11 is 0. The fourth-order valence-electron chi connectivity index (χ4n) is 7.35. The lowest BCUT2D eigenvalue weighted by atomic mass is 9.91. The van der Waals surface area contributed by atoms with Crippen molar-refractivity contribution in [2.45, 2.75) is 0 Å². The molecular weight excluding hydrogens is 585 g/mol. The molecule has 0 aliphatic heterocycles. The van der Waals surface area contributed by atoms with Crippen LogP contribution in [0, 0.1) is 22.7 Å². The van der Waals surface area contributed by atoms with Crippen LogP contribution in [-0.4, -0.2) is 9.13 Å². The van der Waals surface area contributed by atoms with Crippen LogP contribution in [0.2, 0.25) is 0 Å². The Morgan fingerprint density at radius 1 is 0.375 bits per heavy atom. The summed E-state index contributed by atoms with van der Waals surface area (Å²) in [6, 6.07) is 58.9. The van der Waals surface area contributed by atoms with Crippen molar-refractivity contribution in [2.24, 2.45) is 0 Å². The molecule has 0 bridgehead atoms. The third kappa shape index (κ3) is 4.07. The van der Waals surface area contributed by atoms with E-state index in [2.05, 4.69) is 137 Å². The molecule has 0 saturated carbocycles. The Hall–Kier alpha value is -6.88. The second-order valence-corrected chi connectivity index (χ2v) is 12.0. The van der Waals surface area contributed by atoms with E-state index in [1.807, 2.05) is 42.5 Å². The van der Waals surface area contributed by atoms with Gasteiger partial charge in [-0.15, -0.1) is 0 Å². The Balaban J connectivity index is 1.24. The van der Waals surface area contributed by atoms with Crippen molar-refractivity contribution in [1.82, 2.24) is 9.13 Å². The number of rotatable bonds is 4. The van der Waals surface area contributed by atoms with Crippen LogP contribution >= 0.6 is 0 Å². The van der Waals surface area contributed by atoms with Gasteiger partial charge in [-0.05, 0) is 65.7 Å². The fourth-order valence-corrected chi connectivity index (χ4v) is 7.35. The van der Waals surface area contributed by atoms with E-state index in [4.69, 9.17) is 0 Å². The topological polar surface area (TPSA) is 57.4 Å². The molecule has 9 aromatic rings. The first-order valence-corrected chi connectivity index (χ1v) is 15.9. The van der Waals surface area contributed by atoms with Gasteiger partial charge in [-0.3, -0.25) is 0 Å². The lowest BCUT2D eigenvalue weighted by Gasteiger charge is -2.18. The van der Waals surface area contributed by atoms with Crippen molar-refractivity contribution < 1.29 is 0 Å². The van der Waals surface area contributed by atoms with Gasteiger partial charge in [0.1, 0.15) is 0 Å². The Morgan fingerprint density at radius 3 is 1.54 bits per heavy atom. The van der Waals surface area contributed by atoms with Gasteiger partial charge in [-0.2, -0.15) is 10.5 Å². The van der Waals surface area contributed by atoms with Gasteiger partial charge in [-0.25, -0.2) is 0 Å². The monoisotopic (exact) mass is 610 g/mol. The van der Waals surface area contributed by atoms with Crippen LogP contribution < -0.4 is 0 Å². The van der Waals surface area contributed by atoms with Crippen LogP contribution in [0.25, 0.3) is 77.2 Å². The average molecular weight is 611 g/mol. The van der Waals surface area contributed by atoms with Crippen LogP contribution in [0.15, 0.2) is 158 Å². The van der Waals surface area contributed by atoms with E-state index < -0.39 is 0 Å². The first-order valence-electron chi connectivity index (χ1n) is 15.9. The Labute approximate surface area is 277 Å². The molecular formula is C44H26N4. The highest BCUT2D eigenvalue weighted by atomic mass is 15.0. The number of benzene rings is 7. The number of hydrogen-bond donors (Lipinski definition) is 0. The normalized spacial score (nSPS) is 11.3. The Kier molecular flexibility index (Phi) is 6.22. The lowest BCUT2D eigenvalue weighted by molar-refractivity contribution is 1.18. The number of para-hydroxylation sites is 4. The van der Waals surface area contributed by atoms with Crippen molar-refractivity contribution in [3.8, 4) is 45.8 Å². The van der Waals surface area contributed by atoms with Crippen LogP contribution in [0.5, 0.6) is 0 Å². The summed E-state index contributed by atoms with van der Waals surface area (Å²) < 4.78 is 4.53. The molecule has 2 heterocycles. The molecule has 2 aromatic heterocycles. The smallest absolute Gasteiger partial charge is 0.0998 e. The first-order chi connectivity index (χ1) is 23.7. The fraction of sp³-hybridized carbons (Fsp3) is 0. The Morgan fingerprint density at radius 2 is 0.896 bits per heavy atom. The summed E-state index contributed by atoms with van der Waals surface area (Å²) in [5.41, 5.74) is 11.5. The van der Waals surface area contributed by atoms with E-state index in [0.717, 1.165) is 66.5 Å². The number of hydrogen-bond acceptors (Lipinski definition) is 2. The molecule has 48 heavy (non-hydrogen) atoms. The van der Waals surface area contributed by atoms with Gasteiger partial charge in [0, 0.05) is 38.4 Å². The highest BCUT2D eigenvalue weighted by molar-refractivity contribution is 6.11. The van der Waals surface area contributed by atoms with E-state index in [-0.39, 0.29) is 0 Å². The number of nitrogens with zero attached hydrogens (tertiary/aromatic N) is 4. The second-order valence-electron chi connectivity index (χ2n) is 12.0. The zero-order chi connectivity index (χ0) is 32.2. The number of aromatic nitrogens is 2. The SMILES string of the molecule is N#Cc1ccc2c(c1)c1ccccc1n2-c1ccc(-c2ccccc2-c2ccccc2-n2c3ccccc3c3ccccc32)c(C#N)c1. The van der Waals surface area contributed by atoms with E-state index in [1.165, 1.54) is 10.8 Å². The summed E-state index contributed by atoms with van der Waals surface area (Å²) in [6.45, 7) is 0. The van der Waals surface area contributed by atoms with Gasteiger partial charge < -0.3 is 9.13 Å². The Bertz CT molecular complexity index is 2760. The zero-order valence-electron chi connectivity index (χ0n) is 25.8. The van der Waals surface area contributed by atoms with E-state index in [0.29, 0.717) is 11.1 Å². The minimum atomic E-state index is 0.592.